The highest BCUT2D eigenvalue weighted by atomic mass is 32.1. The number of hydrogen-bond donors (Lipinski definition) is 3. The van der Waals surface area contributed by atoms with Crippen molar-refractivity contribution in [2.45, 2.75) is 26.3 Å². The van der Waals surface area contributed by atoms with E-state index in [1.807, 2.05) is 20.8 Å². The van der Waals surface area contributed by atoms with Crippen LogP contribution in [0.3, 0.4) is 0 Å². The molecule has 0 saturated heterocycles. The number of anilines is 1. The van der Waals surface area contributed by atoms with Crippen molar-refractivity contribution in [3.63, 3.8) is 0 Å². The molecule has 0 bridgehead atoms. The summed E-state index contributed by atoms with van der Waals surface area (Å²) in [7, 11) is 0. The molecule has 16 heavy (non-hydrogen) atoms. The number of nitrogens with two attached hydrogens (primary N) is 1. The first-order valence-corrected chi connectivity index (χ1v) is 5.60. The van der Waals surface area contributed by atoms with E-state index in [-0.39, 0.29) is 23.0 Å². The molecule has 4 N–H and O–H groups in total. The van der Waals surface area contributed by atoms with Gasteiger partial charge in [-0.3, -0.25) is 4.79 Å². The van der Waals surface area contributed by atoms with Crippen molar-refractivity contribution in [2.75, 3.05) is 5.73 Å². The zero-order valence-corrected chi connectivity index (χ0v) is 10.3. The normalized spacial score (nSPS) is 12.6. The van der Waals surface area contributed by atoms with E-state index in [1.165, 1.54) is 16.8 Å². The second-order valence-electron chi connectivity index (χ2n) is 4.34. The van der Waals surface area contributed by atoms with E-state index in [0.29, 0.717) is 4.88 Å². The molecule has 1 aromatic heterocycles. The van der Waals surface area contributed by atoms with Crippen LogP contribution < -0.4 is 11.1 Å². The third-order valence-corrected chi connectivity index (χ3v) is 2.46. The number of rotatable bonds is 2. The summed E-state index contributed by atoms with van der Waals surface area (Å²) < 4.78 is 0. The summed E-state index contributed by atoms with van der Waals surface area (Å²) in [5.74, 6) is -0.304. The monoisotopic (exact) mass is 241 g/mol. The van der Waals surface area contributed by atoms with Gasteiger partial charge in [-0.1, -0.05) is 0 Å². The molecular formula is C10H15N3O2S. The first kappa shape index (κ1) is 12.5. The fourth-order valence-electron chi connectivity index (χ4n) is 1.04. The molecule has 0 spiro atoms. The molecule has 0 radical (unpaired) electrons. The van der Waals surface area contributed by atoms with E-state index in [4.69, 9.17) is 5.73 Å². The molecule has 0 aliphatic carbocycles. The van der Waals surface area contributed by atoms with Gasteiger partial charge < -0.3 is 16.2 Å². The standard InChI is InChI=1S/C10H15N3O2S/c1-10(2,3)13-7(15)4-6(14)8-9(11)12-5-16-8/h4-5,14H,11H2,1-3H3,(H,13,15)/b6-4-. The van der Waals surface area contributed by atoms with Crippen molar-refractivity contribution in [1.82, 2.24) is 10.3 Å². The predicted molar refractivity (Wildman–Crippen MR) is 65.0 cm³/mol. The number of hydrogen-bond acceptors (Lipinski definition) is 5. The summed E-state index contributed by atoms with van der Waals surface area (Å²) in [5, 5.41) is 12.3. The highest BCUT2D eigenvalue weighted by Gasteiger charge is 2.14. The lowest BCUT2D eigenvalue weighted by Crippen LogP contribution is -2.39. The summed E-state index contributed by atoms with van der Waals surface area (Å²) in [6.07, 6.45) is 1.11. The van der Waals surface area contributed by atoms with Crippen molar-refractivity contribution in [2.24, 2.45) is 0 Å². The molecule has 0 fully saturated rings. The third kappa shape index (κ3) is 3.54. The van der Waals surface area contributed by atoms with Gasteiger partial charge in [-0.25, -0.2) is 4.98 Å². The van der Waals surface area contributed by atoms with Crippen molar-refractivity contribution in [3.8, 4) is 0 Å². The number of thiazole rings is 1. The van der Waals surface area contributed by atoms with E-state index in [1.54, 1.807) is 0 Å². The van der Waals surface area contributed by atoms with Crippen LogP contribution in [-0.2, 0) is 4.79 Å². The largest absolute Gasteiger partial charge is 0.506 e. The lowest BCUT2D eigenvalue weighted by Gasteiger charge is -2.19. The molecule has 1 rings (SSSR count). The maximum Gasteiger partial charge on any atom is 0.248 e. The van der Waals surface area contributed by atoms with Gasteiger partial charge in [0.1, 0.15) is 16.5 Å². The maximum atomic E-state index is 11.5. The van der Waals surface area contributed by atoms with Gasteiger partial charge in [0, 0.05) is 11.6 Å². The molecule has 0 aliphatic heterocycles. The van der Waals surface area contributed by atoms with E-state index in [2.05, 4.69) is 10.3 Å². The number of carbonyl (C=O) groups is 1. The maximum absolute atomic E-state index is 11.5. The highest BCUT2D eigenvalue weighted by molar-refractivity contribution is 7.11. The number of nitrogens with one attached hydrogen (secondary N) is 1. The molecule has 0 saturated carbocycles. The quantitative estimate of drug-likeness (QED) is 0.541. The fourth-order valence-corrected chi connectivity index (χ4v) is 1.67. The highest BCUT2D eigenvalue weighted by Crippen LogP contribution is 2.22. The Balaban J connectivity index is 2.78. The van der Waals surface area contributed by atoms with Crippen molar-refractivity contribution < 1.29 is 9.90 Å². The Morgan fingerprint density at radius 1 is 1.62 bits per heavy atom. The number of carbonyl (C=O) groups excluding carboxylic acids is 1. The van der Waals surface area contributed by atoms with Crippen LogP contribution in [0.4, 0.5) is 5.82 Å². The molecule has 1 amide bonds. The smallest absolute Gasteiger partial charge is 0.248 e. The number of amides is 1. The number of nitrogen functional groups attached to an aromatic ring is 1. The number of aliphatic hydroxyl groups is 1. The topological polar surface area (TPSA) is 88.2 Å². The van der Waals surface area contributed by atoms with Gasteiger partial charge in [0.15, 0.2) is 0 Å². The number of aromatic nitrogens is 1. The summed E-state index contributed by atoms with van der Waals surface area (Å²) in [4.78, 5) is 15.7. The van der Waals surface area contributed by atoms with Crippen LogP contribution in [0.2, 0.25) is 0 Å². The molecule has 0 atom stereocenters. The van der Waals surface area contributed by atoms with Crippen LogP contribution in [0, 0.1) is 0 Å². The Labute approximate surface area is 98.0 Å². The van der Waals surface area contributed by atoms with E-state index in [0.717, 1.165) is 6.08 Å². The van der Waals surface area contributed by atoms with E-state index < -0.39 is 0 Å². The second kappa shape index (κ2) is 4.52. The number of aliphatic hydroxyl groups excluding tert-OH is 1. The molecule has 88 valence electrons. The second-order valence-corrected chi connectivity index (χ2v) is 5.19. The first-order chi connectivity index (χ1) is 7.29. The van der Waals surface area contributed by atoms with E-state index >= 15 is 0 Å². The Hall–Kier alpha value is -1.56. The lowest BCUT2D eigenvalue weighted by atomic mass is 10.1. The summed E-state index contributed by atoms with van der Waals surface area (Å²) in [5.41, 5.74) is 6.68. The van der Waals surface area contributed by atoms with Gasteiger partial charge >= 0.3 is 0 Å². The third-order valence-electron chi connectivity index (χ3n) is 1.59. The fraction of sp³-hybridized carbons (Fsp3) is 0.400. The zero-order chi connectivity index (χ0) is 12.3. The predicted octanol–water partition coefficient (Wildman–Crippen LogP) is 1.54. The molecular weight excluding hydrogens is 226 g/mol. The first-order valence-electron chi connectivity index (χ1n) is 4.72. The summed E-state index contributed by atoms with van der Waals surface area (Å²) >= 11 is 1.18. The average Bonchev–Trinajstić information content (AvgIpc) is 2.47. The van der Waals surface area contributed by atoms with Gasteiger partial charge in [0.2, 0.25) is 5.91 Å². The van der Waals surface area contributed by atoms with Gasteiger partial charge in [0.25, 0.3) is 0 Å². The van der Waals surface area contributed by atoms with Crippen LogP contribution in [0.5, 0.6) is 0 Å². The van der Waals surface area contributed by atoms with Gasteiger partial charge in [-0.2, -0.15) is 0 Å². The molecule has 1 aromatic rings. The van der Waals surface area contributed by atoms with Gasteiger partial charge in [-0.05, 0) is 20.8 Å². The van der Waals surface area contributed by atoms with Crippen molar-refractivity contribution in [3.05, 3.63) is 16.5 Å². The van der Waals surface area contributed by atoms with Crippen molar-refractivity contribution >= 4 is 28.8 Å². The summed E-state index contributed by atoms with van der Waals surface area (Å²) in [6, 6.07) is 0. The molecule has 5 nitrogen and oxygen atoms in total. The molecule has 0 aromatic carbocycles. The Bertz CT molecular complexity index is 418. The SMILES string of the molecule is CC(C)(C)NC(=O)/C=C(\O)c1scnc1N. The van der Waals surface area contributed by atoms with Crippen molar-refractivity contribution in [1.29, 1.82) is 0 Å². The van der Waals surface area contributed by atoms with Gasteiger partial charge in [0.05, 0.1) is 5.51 Å². The minimum absolute atomic E-state index is 0.165. The van der Waals surface area contributed by atoms with Crippen LogP contribution in [-0.4, -0.2) is 21.5 Å². The molecule has 6 heteroatoms. The van der Waals surface area contributed by atoms with Crippen LogP contribution >= 0.6 is 11.3 Å². The molecule has 0 unspecified atom stereocenters. The van der Waals surface area contributed by atoms with Gasteiger partial charge in [-0.15, -0.1) is 11.3 Å². The Morgan fingerprint density at radius 2 is 2.25 bits per heavy atom. The van der Waals surface area contributed by atoms with Crippen LogP contribution in [0.1, 0.15) is 25.6 Å². The Kier molecular flexibility index (Phi) is 3.54. The number of nitrogens with zero attached hydrogens (tertiary/aromatic N) is 1. The molecule has 0 aliphatic rings. The van der Waals surface area contributed by atoms with Crippen LogP contribution in [0.15, 0.2) is 11.6 Å². The summed E-state index contributed by atoms with van der Waals surface area (Å²) in [6.45, 7) is 5.57. The Morgan fingerprint density at radius 3 is 2.69 bits per heavy atom. The average molecular weight is 241 g/mol. The lowest BCUT2D eigenvalue weighted by molar-refractivity contribution is -0.117. The minimum atomic E-state index is -0.363. The van der Waals surface area contributed by atoms with Crippen LogP contribution in [0.25, 0.3) is 5.76 Å². The minimum Gasteiger partial charge on any atom is -0.506 e. The zero-order valence-electron chi connectivity index (χ0n) is 9.44. The van der Waals surface area contributed by atoms with E-state index in [9.17, 15) is 9.90 Å². The molecule has 1 heterocycles.